The van der Waals surface area contributed by atoms with Gasteiger partial charge in [-0.1, -0.05) is 66.0 Å². The Morgan fingerprint density at radius 1 is 1.11 bits per heavy atom. The van der Waals surface area contributed by atoms with E-state index in [0.29, 0.717) is 16.5 Å². The fourth-order valence-corrected chi connectivity index (χ4v) is 3.37. The Morgan fingerprint density at radius 2 is 1.78 bits per heavy atom. The lowest BCUT2D eigenvalue weighted by Crippen LogP contribution is -2.48. The van der Waals surface area contributed by atoms with Crippen LogP contribution in [0.25, 0.3) is 0 Å². The molecular weight excluding hydrogens is 383 g/mol. The Balaban J connectivity index is 2.31. The molecule has 0 saturated carbocycles. The minimum atomic E-state index is -0.570. The molecule has 0 aromatic heterocycles. The van der Waals surface area contributed by atoms with Crippen LogP contribution in [-0.4, -0.2) is 29.8 Å². The molecule has 2 aromatic rings. The fraction of sp³-hybridized carbons (Fsp3) is 0.333. The third kappa shape index (κ3) is 5.72. The van der Waals surface area contributed by atoms with Gasteiger partial charge in [-0.2, -0.15) is 0 Å². The predicted octanol–water partition coefficient (Wildman–Crippen LogP) is 4.40. The standard InChI is InChI=1S/C21H24Cl2N2O2/c1-4-19(21(27)24-3)25(13-16-9-10-17(22)12-18(16)23)20(26)11-15-7-5-14(2)6-8-15/h5-10,12,19H,4,11,13H2,1-3H3,(H,24,27). The van der Waals surface area contributed by atoms with Gasteiger partial charge < -0.3 is 10.2 Å². The van der Waals surface area contributed by atoms with Crippen LogP contribution in [0, 0.1) is 6.92 Å². The van der Waals surface area contributed by atoms with Gasteiger partial charge in [0.2, 0.25) is 11.8 Å². The van der Waals surface area contributed by atoms with Gasteiger partial charge in [0.25, 0.3) is 0 Å². The van der Waals surface area contributed by atoms with Gasteiger partial charge >= 0.3 is 0 Å². The van der Waals surface area contributed by atoms with Crippen LogP contribution in [0.3, 0.4) is 0 Å². The predicted molar refractivity (Wildman–Crippen MR) is 110 cm³/mol. The van der Waals surface area contributed by atoms with Gasteiger partial charge in [-0.15, -0.1) is 0 Å². The third-order valence-corrected chi connectivity index (χ3v) is 5.05. The minimum Gasteiger partial charge on any atom is -0.357 e. The first kappa shape index (κ1) is 21.3. The lowest BCUT2D eigenvalue weighted by molar-refractivity contribution is -0.140. The molecule has 6 heteroatoms. The minimum absolute atomic E-state index is 0.125. The van der Waals surface area contributed by atoms with Crippen LogP contribution in [-0.2, 0) is 22.6 Å². The average Bonchev–Trinajstić information content (AvgIpc) is 2.64. The number of nitrogens with zero attached hydrogens (tertiary/aromatic N) is 1. The van der Waals surface area contributed by atoms with E-state index in [9.17, 15) is 9.59 Å². The highest BCUT2D eigenvalue weighted by atomic mass is 35.5. The molecule has 1 unspecified atom stereocenters. The number of carbonyl (C=O) groups is 2. The molecule has 0 aliphatic rings. The van der Waals surface area contributed by atoms with E-state index in [-0.39, 0.29) is 24.8 Å². The summed E-state index contributed by atoms with van der Waals surface area (Å²) in [5.41, 5.74) is 2.79. The summed E-state index contributed by atoms with van der Waals surface area (Å²) in [4.78, 5) is 27.0. The molecule has 0 saturated heterocycles. The van der Waals surface area contributed by atoms with Crippen LogP contribution < -0.4 is 5.32 Å². The first-order valence-corrected chi connectivity index (χ1v) is 9.61. The van der Waals surface area contributed by atoms with Crippen LogP contribution >= 0.6 is 23.2 Å². The van der Waals surface area contributed by atoms with Gasteiger partial charge in [-0.05, 0) is 36.6 Å². The molecule has 0 fully saturated rings. The maximum atomic E-state index is 13.1. The largest absolute Gasteiger partial charge is 0.357 e. The Kier molecular flexibility index (Phi) is 7.69. The van der Waals surface area contributed by atoms with E-state index in [1.54, 1.807) is 30.1 Å². The second-order valence-electron chi connectivity index (χ2n) is 6.46. The number of hydrogen-bond donors (Lipinski definition) is 1. The van der Waals surface area contributed by atoms with Crippen molar-refractivity contribution in [1.82, 2.24) is 10.2 Å². The molecule has 27 heavy (non-hydrogen) atoms. The lowest BCUT2D eigenvalue weighted by Gasteiger charge is -2.30. The molecule has 144 valence electrons. The number of amides is 2. The molecule has 0 bridgehead atoms. The number of nitrogens with one attached hydrogen (secondary N) is 1. The number of benzene rings is 2. The maximum Gasteiger partial charge on any atom is 0.242 e. The molecule has 1 N–H and O–H groups in total. The van der Waals surface area contributed by atoms with Crippen molar-refractivity contribution in [3.63, 3.8) is 0 Å². The van der Waals surface area contributed by atoms with E-state index < -0.39 is 6.04 Å². The first-order valence-electron chi connectivity index (χ1n) is 8.86. The van der Waals surface area contributed by atoms with Gasteiger partial charge in [-0.3, -0.25) is 9.59 Å². The van der Waals surface area contributed by atoms with Crippen molar-refractivity contribution in [3.05, 3.63) is 69.2 Å². The van der Waals surface area contributed by atoms with Crippen molar-refractivity contribution in [2.45, 2.75) is 39.3 Å². The Bertz CT molecular complexity index is 806. The van der Waals surface area contributed by atoms with Gasteiger partial charge in [0.1, 0.15) is 6.04 Å². The normalized spacial score (nSPS) is 11.7. The number of halogens is 2. The Hall–Kier alpha value is -2.04. The monoisotopic (exact) mass is 406 g/mol. The zero-order chi connectivity index (χ0) is 20.0. The smallest absolute Gasteiger partial charge is 0.242 e. The van der Waals surface area contributed by atoms with E-state index in [1.807, 2.05) is 38.1 Å². The van der Waals surface area contributed by atoms with Crippen LogP contribution in [0.2, 0.25) is 10.0 Å². The SMILES string of the molecule is CCC(C(=O)NC)N(Cc1ccc(Cl)cc1Cl)C(=O)Cc1ccc(C)cc1. The topological polar surface area (TPSA) is 49.4 Å². The van der Waals surface area contributed by atoms with Crippen molar-refractivity contribution >= 4 is 35.0 Å². The van der Waals surface area contributed by atoms with Crippen molar-refractivity contribution in [2.24, 2.45) is 0 Å². The molecule has 2 amide bonds. The maximum absolute atomic E-state index is 13.1. The van der Waals surface area contributed by atoms with E-state index in [4.69, 9.17) is 23.2 Å². The van der Waals surface area contributed by atoms with Crippen LogP contribution in [0.15, 0.2) is 42.5 Å². The summed E-state index contributed by atoms with van der Waals surface area (Å²) >= 11 is 12.3. The molecule has 0 aliphatic heterocycles. The highest BCUT2D eigenvalue weighted by Gasteiger charge is 2.28. The molecule has 0 aliphatic carbocycles. The molecule has 4 nitrogen and oxygen atoms in total. The first-order chi connectivity index (χ1) is 12.8. The highest BCUT2D eigenvalue weighted by Crippen LogP contribution is 2.24. The number of hydrogen-bond acceptors (Lipinski definition) is 2. The second kappa shape index (κ2) is 9.77. The molecular formula is C21H24Cl2N2O2. The summed E-state index contributed by atoms with van der Waals surface area (Å²) < 4.78 is 0. The van der Waals surface area contributed by atoms with E-state index in [1.165, 1.54) is 0 Å². The summed E-state index contributed by atoms with van der Waals surface area (Å²) in [6.07, 6.45) is 0.726. The van der Waals surface area contributed by atoms with Crippen molar-refractivity contribution < 1.29 is 9.59 Å². The lowest BCUT2D eigenvalue weighted by atomic mass is 10.1. The summed E-state index contributed by atoms with van der Waals surface area (Å²) in [6.45, 7) is 4.13. The Labute approximate surface area is 170 Å². The Morgan fingerprint density at radius 3 is 2.33 bits per heavy atom. The van der Waals surface area contributed by atoms with Crippen LogP contribution in [0.1, 0.15) is 30.0 Å². The zero-order valence-electron chi connectivity index (χ0n) is 15.8. The molecule has 2 rings (SSSR count). The zero-order valence-corrected chi connectivity index (χ0v) is 17.3. The molecule has 0 spiro atoms. The number of carbonyl (C=O) groups excluding carboxylic acids is 2. The van der Waals surface area contributed by atoms with Crippen molar-refractivity contribution in [2.75, 3.05) is 7.05 Å². The average molecular weight is 407 g/mol. The molecule has 0 radical (unpaired) electrons. The van der Waals surface area contributed by atoms with Gasteiger partial charge in [0.05, 0.1) is 6.42 Å². The van der Waals surface area contributed by atoms with Gasteiger partial charge in [0.15, 0.2) is 0 Å². The second-order valence-corrected chi connectivity index (χ2v) is 7.30. The quantitative estimate of drug-likeness (QED) is 0.740. The number of likely N-dealkylation sites (N-methyl/N-ethyl adjacent to an activating group) is 1. The van der Waals surface area contributed by atoms with Gasteiger partial charge in [0, 0.05) is 23.6 Å². The molecule has 0 heterocycles. The van der Waals surface area contributed by atoms with Crippen LogP contribution in [0.4, 0.5) is 0 Å². The highest BCUT2D eigenvalue weighted by molar-refractivity contribution is 6.35. The van der Waals surface area contributed by atoms with Gasteiger partial charge in [-0.25, -0.2) is 0 Å². The molecule has 2 aromatic carbocycles. The van der Waals surface area contributed by atoms with E-state index in [2.05, 4.69) is 5.32 Å². The van der Waals surface area contributed by atoms with Crippen molar-refractivity contribution in [1.29, 1.82) is 0 Å². The molecule has 1 atom stereocenters. The van der Waals surface area contributed by atoms with E-state index in [0.717, 1.165) is 16.7 Å². The van der Waals surface area contributed by atoms with Crippen LogP contribution in [0.5, 0.6) is 0 Å². The number of aryl methyl sites for hydroxylation is 1. The number of rotatable bonds is 7. The summed E-state index contributed by atoms with van der Waals surface area (Å²) in [5.74, 6) is -0.319. The fourth-order valence-electron chi connectivity index (χ4n) is 2.90. The van der Waals surface area contributed by atoms with E-state index >= 15 is 0 Å². The summed E-state index contributed by atoms with van der Waals surface area (Å²) in [7, 11) is 1.57. The van der Waals surface area contributed by atoms with Crippen molar-refractivity contribution in [3.8, 4) is 0 Å². The summed E-state index contributed by atoms with van der Waals surface area (Å²) in [5, 5.41) is 3.65. The summed E-state index contributed by atoms with van der Waals surface area (Å²) in [6, 6.07) is 12.4. The third-order valence-electron chi connectivity index (χ3n) is 4.46.